The maximum Gasteiger partial charge on any atom is 0.312 e. The zero-order valence-electron chi connectivity index (χ0n) is 16.4. The number of sulfonamides is 1. The summed E-state index contributed by atoms with van der Waals surface area (Å²) in [6, 6.07) is 16.7. The summed E-state index contributed by atoms with van der Waals surface area (Å²) < 4.78 is 32.6. The number of hydrogen-bond acceptors (Lipinski definition) is 5. The van der Waals surface area contributed by atoms with E-state index in [1.807, 2.05) is 6.07 Å². The van der Waals surface area contributed by atoms with Crippen LogP contribution in [0.1, 0.15) is 23.8 Å². The van der Waals surface area contributed by atoms with Gasteiger partial charge in [0, 0.05) is 5.69 Å². The molecule has 3 rings (SSSR count). The lowest BCUT2D eigenvalue weighted by molar-refractivity contribution is -0.116. The van der Waals surface area contributed by atoms with Crippen molar-refractivity contribution in [2.75, 3.05) is 5.32 Å². The molecule has 1 unspecified atom stereocenters. The van der Waals surface area contributed by atoms with Gasteiger partial charge in [-0.3, -0.25) is 4.79 Å². The van der Waals surface area contributed by atoms with Crippen molar-refractivity contribution < 1.29 is 22.4 Å². The van der Waals surface area contributed by atoms with Crippen molar-refractivity contribution in [3.05, 3.63) is 84.3 Å². The first-order chi connectivity index (χ1) is 14.8. The predicted octanol–water partition coefficient (Wildman–Crippen LogP) is 2.50. The highest BCUT2D eigenvalue weighted by Crippen LogP contribution is 2.20. The third-order valence-electron chi connectivity index (χ3n) is 4.35. The second-order valence-electron chi connectivity index (χ2n) is 6.66. The average Bonchev–Trinajstić information content (AvgIpc) is 3.26. The van der Waals surface area contributed by atoms with Crippen molar-refractivity contribution in [3.63, 3.8) is 0 Å². The summed E-state index contributed by atoms with van der Waals surface area (Å²) in [7, 11) is -3.81. The highest BCUT2D eigenvalue weighted by atomic mass is 32.2. The summed E-state index contributed by atoms with van der Waals surface area (Å²) >= 11 is 0. The van der Waals surface area contributed by atoms with Crippen LogP contribution in [0.15, 0.2) is 82.3 Å². The molecule has 0 spiro atoms. The van der Waals surface area contributed by atoms with E-state index in [9.17, 15) is 18.0 Å². The molecule has 0 aliphatic rings. The van der Waals surface area contributed by atoms with Gasteiger partial charge in [0.15, 0.2) is 0 Å². The number of primary amides is 1. The number of nitrogens with two attached hydrogens (primary N) is 1. The first kappa shape index (κ1) is 22.1. The van der Waals surface area contributed by atoms with E-state index in [2.05, 4.69) is 15.4 Å². The number of benzene rings is 2. The molecule has 2 aromatic carbocycles. The van der Waals surface area contributed by atoms with Gasteiger partial charge in [-0.05, 0) is 35.9 Å². The summed E-state index contributed by atoms with van der Waals surface area (Å²) in [5.74, 6) is 0.0580. The summed E-state index contributed by atoms with van der Waals surface area (Å²) in [6.07, 6.45) is 1.37. The van der Waals surface area contributed by atoms with E-state index in [1.54, 1.807) is 42.5 Å². The fraction of sp³-hybridized carbons (Fsp3) is 0.143. The number of rotatable bonds is 9. The van der Waals surface area contributed by atoms with Crippen LogP contribution in [0, 0.1) is 0 Å². The Morgan fingerprint density at radius 1 is 1.00 bits per heavy atom. The molecular weight excluding hydrogens is 420 g/mol. The van der Waals surface area contributed by atoms with Gasteiger partial charge in [0.2, 0.25) is 15.9 Å². The quantitative estimate of drug-likeness (QED) is 0.402. The average molecular weight is 442 g/mol. The zero-order chi connectivity index (χ0) is 22.3. The molecule has 0 radical (unpaired) electrons. The molecule has 3 amide bonds. The molecule has 9 nitrogen and oxygen atoms in total. The minimum atomic E-state index is -3.81. The number of carbonyl (C=O) groups is 2. The SMILES string of the molecule is NC(=O)NC(CC(=O)Nc1cccc(S(=O)(=O)NCc2ccco2)c1)c1ccccc1. The number of nitrogens with one attached hydrogen (secondary N) is 3. The standard InChI is InChI=1S/C21H22N4O5S/c22-21(27)25-19(15-6-2-1-3-7-15)13-20(26)24-16-8-4-10-18(12-16)31(28,29)23-14-17-9-5-11-30-17/h1-12,19,23H,13-14H2,(H,24,26)(H3,22,25,27). The summed E-state index contributed by atoms with van der Waals surface area (Å²) in [5, 5.41) is 5.20. The molecule has 0 aliphatic carbocycles. The Kier molecular flexibility index (Phi) is 7.06. The van der Waals surface area contributed by atoms with Crippen LogP contribution in [-0.2, 0) is 21.4 Å². The van der Waals surface area contributed by atoms with Crippen molar-refractivity contribution in [2.45, 2.75) is 23.9 Å². The van der Waals surface area contributed by atoms with Crippen LogP contribution in [0.2, 0.25) is 0 Å². The Balaban J connectivity index is 1.67. The topological polar surface area (TPSA) is 144 Å². The molecule has 0 aliphatic heterocycles. The van der Waals surface area contributed by atoms with Gasteiger partial charge in [-0.15, -0.1) is 0 Å². The van der Waals surface area contributed by atoms with Crippen LogP contribution in [0.25, 0.3) is 0 Å². The van der Waals surface area contributed by atoms with Crippen molar-refractivity contribution in [1.29, 1.82) is 0 Å². The van der Waals surface area contributed by atoms with E-state index in [0.29, 0.717) is 11.4 Å². The fourth-order valence-corrected chi connectivity index (χ4v) is 3.95. The normalized spacial score (nSPS) is 12.1. The zero-order valence-corrected chi connectivity index (χ0v) is 17.3. The van der Waals surface area contributed by atoms with Crippen LogP contribution < -0.4 is 21.1 Å². The predicted molar refractivity (Wildman–Crippen MR) is 114 cm³/mol. The van der Waals surface area contributed by atoms with Gasteiger partial charge in [0.05, 0.1) is 30.2 Å². The Morgan fingerprint density at radius 3 is 2.45 bits per heavy atom. The third kappa shape index (κ3) is 6.43. The van der Waals surface area contributed by atoms with Crippen molar-refractivity contribution in [3.8, 4) is 0 Å². The van der Waals surface area contributed by atoms with E-state index in [0.717, 1.165) is 5.56 Å². The molecule has 0 saturated heterocycles. The molecular formula is C21H22N4O5S. The number of furan rings is 1. The number of hydrogen-bond donors (Lipinski definition) is 4. The molecule has 1 heterocycles. The van der Waals surface area contributed by atoms with Gasteiger partial charge in [0.1, 0.15) is 5.76 Å². The molecule has 5 N–H and O–H groups in total. The summed E-state index contributed by atoms with van der Waals surface area (Å²) in [6.45, 7) is 0.00344. The molecule has 31 heavy (non-hydrogen) atoms. The lowest BCUT2D eigenvalue weighted by atomic mass is 10.0. The maximum atomic E-state index is 12.5. The van der Waals surface area contributed by atoms with Gasteiger partial charge >= 0.3 is 6.03 Å². The highest BCUT2D eigenvalue weighted by molar-refractivity contribution is 7.89. The Morgan fingerprint density at radius 2 is 1.77 bits per heavy atom. The van der Waals surface area contributed by atoms with E-state index in [1.165, 1.54) is 24.5 Å². The number of amides is 3. The van der Waals surface area contributed by atoms with Gasteiger partial charge in [0.25, 0.3) is 0 Å². The molecule has 3 aromatic rings. The molecule has 0 bridgehead atoms. The van der Waals surface area contributed by atoms with Crippen LogP contribution in [0.5, 0.6) is 0 Å². The Bertz CT molecular complexity index is 1130. The lowest BCUT2D eigenvalue weighted by Crippen LogP contribution is -2.35. The molecule has 162 valence electrons. The van der Waals surface area contributed by atoms with E-state index in [-0.39, 0.29) is 17.9 Å². The number of urea groups is 1. The van der Waals surface area contributed by atoms with Crippen LogP contribution in [0.4, 0.5) is 10.5 Å². The van der Waals surface area contributed by atoms with Crippen molar-refractivity contribution in [1.82, 2.24) is 10.0 Å². The third-order valence-corrected chi connectivity index (χ3v) is 5.75. The first-order valence-electron chi connectivity index (χ1n) is 9.36. The molecule has 1 aromatic heterocycles. The van der Waals surface area contributed by atoms with E-state index < -0.39 is 28.0 Å². The monoisotopic (exact) mass is 442 g/mol. The van der Waals surface area contributed by atoms with Crippen molar-refractivity contribution in [2.24, 2.45) is 5.73 Å². The smallest absolute Gasteiger partial charge is 0.312 e. The molecule has 0 saturated carbocycles. The lowest BCUT2D eigenvalue weighted by Gasteiger charge is -2.18. The van der Waals surface area contributed by atoms with E-state index >= 15 is 0 Å². The second kappa shape index (κ2) is 9.92. The second-order valence-corrected chi connectivity index (χ2v) is 8.42. The molecule has 1 atom stereocenters. The van der Waals surface area contributed by atoms with E-state index in [4.69, 9.17) is 10.2 Å². The fourth-order valence-electron chi connectivity index (χ4n) is 2.91. The minimum Gasteiger partial charge on any atom is -0.468 e. The van der Waals surface area contributed by atoms with Crippen LogP contribution in [-0.4, -0.2) is 20.4 Å². The highest BCUT2D eigenvalue weighted by Gasteiger charge is 2.19. The summed E-state index contributed by atoms with van der Waals surface area (Å²) in [5.41, 5.74) is 6.25. The minimum absolute atomic E-state index is 0.00344. The van der Waals surface area contributed by atoms with Crippen LogP contribution in [0.3, 0.4) is 0 Å². The summed E-state index contributed by atoms with van der Waals surface area (Å²) in [4.78, 5) is 23.9. The molecule has 10 heteroatoms. The van der Waals surface area contributed by atoms with Gasteiger partial charge in [-0.1, -0.05) is 36.4 Å². The van der Waals surface area contributed by atoms with Gasteiger partial charge in [-0.25, -0.2) is 17.9 Å². The van der Waals surface area contributed by atoms with Crippen molar-refractivity contribution >= 4 is 27.6 Å². The number of anilines is 1. The van der Waals surface area contributed by atoms with Gasteiger partial charge in [-0.2, -0.15) is 0 Å². The first-order valence-corrected chi connectivity index (χ1v) is 10.8. The maximum absolute atomic E-state index is 12.5. The largest absolute Gasteiger partial charge is 0.468 e. The molecule has 0 fully saturated rings. The Labute approximate surface area is 179 Å². The number of carbonyl (C=O) groups excluding carboxylic acids is 2. The van der Waals surface area contributed by atoms with Gasteiger partial charge < -0.3 is 20.8 Å². The van der Waals surface area contributed by atoms with Crippen LogP contribution >= 0.6 is 0 Å². The Hall–Kier alpha value is -3.63.